The van der Waals surface area contributed by atoms with Crippen LogP contribution in [0.25, 0.3) is 0 Å². The number of aliphatic imine (C=N–C) groups is 1. The molecule has 1 fully saturated rings. The van der Waals surface area contributed by atoms with Gasteiger partial charge in [-0.05, 0) is 40.8 Å². The predicted octanol–water partition coefficient (Wildman–Crippen LogP) is 2.04. The zero-order valence-electron chi connectivity index (χ0n) is 11.4. The Morgan fingerprint density at radius 3 is 2.56 bits per heavy atom. The summed E-state index contributed by atoms with van der Waals surface area (Å²) in [6.07, 6.45) is 0. The molecule has 0 aromatic rings. The Morgan fingerprint density at radius 2 is 2.06 bits per heavy atom. The predicted molar refractivity (Wildman–Crippen MR) is 74.3 cm³/mol. The maximum atomic E-state index is 4.69. The van der Waals surface area contributed by atoms with Crippen LogP contribution in [-0.4, -0.2) is 48.0 Å². The fourth-order valence-corrected chi connectivity index (χ4v) is 2.37. The van der Waals surface area contributed by atoms with Gasteiger partial charge >= 0.3 is 0 Å². The number of hydrogen-bond donors (Lipinski definition) is 1. The molecule has 1 saturated heterocycles. The zero-order valence-corrected chi connectivity index (χ0v) is 12.2. The van der Waals surface area contributed by atoms with Crippen molar-refractivity contribution < 1.29 is 0 Å². The van der Waals surface area contributed by atoms with E-state index in [0.29, 0.717) is 6.04 Å². The summed E-state index contributed by atoms with van der Waals surface area (Å²) in [5.74, 6) is 1.90. The van der Waals surface area contributed by atoms with E-state index in [-0.39, 0.29) is 5.54 Å². The van der Waals surface area contributed by atoms with Gasteiger partial charge in [-0.25, -0.2) is 0 Å². The van der Waals surface area contributed by atoms with E-state index in [4.69, 9.17) is 0 Å². The molecule has 0 aromatic carbocycles. The van der Waals surface area contributed by atoms with Crippen molar-refractivity contribution >= 4 is 16.9 Å². The monoisotopic (exact) mass is 243 g/mol. The molecule has 0 spiro atoms. The van der Waals surface area contributed by atoms with Gasteiger partial charge in [-0.3, -0.25) is 4.99 Å². The topological polar surface area (TPSA) is 27.6 Å². The van der Waals surface area contributed by atoms with Gasteiger partial charge in [0, 0.05) is 17.3 Å². The summed E-state index contributed by atoms with van der Waals surface area (Å²) < 4.78 is 0. The molecule has 94 valence electrons. The molecule has 0 aromatic heterocycles. The molecule has 1 aliphatic heterocycles. The summed E-state index contributed by atoms with van der Waals surface area (Å²) in [5.41, 5.74) is 0.127. The Bertz CT molecular complexity index is 261. The Balaban J connectivity index is 2.53. The van der Waals surface area contributed by atoms with E-state index in [0.717, 1.165) is 17.6 Å². The van der Waals surface area contributed by atoms with Gasteiger partial charge in [0.05, 0.1) is 6.54 Å². The average molecular weight is 243 g/mol. The lowest BCUT2D eigenvalue weighted by Gasteiger charge is -2.32. The number of thioether (sulfide) groups is 1. The number of nitrogens with zero attached hydrogens (tertiary/aromatic N) is 2. The van der Waals surface area contributed by atoms with Crippen molar-refractivity contribution in [2.45, 2.75) is 39.3 Å². The van der Waals surface area contributed by atoms with Crippen LogP contribution < -0.4 is 5.32 Å². The van der Waals surface area contributed by atoms with E-state index >= 15 is 0 Å². The molecule has 0 amide bonds. The van der Waals surface area contributed by atoms with Gasteiger partial charge in [-0.15, -0.1) is 0 Å². The minimum Gasteiger partial charge on any atom is -0.362 e. The highest BCUT2D eigenvalue weighted by Crippen LogP contribution is 2.20. The molecule has 0 bridgehead atoms. The van der Waals surface area contributed by atoms with Gasteiger partial charge in [-0.2, -0.15) is 0 Å². The molecular weight excluding hydrogens is 218 g/mol. The lowest BCUT2D eigenvalue weighted by atomic mass is 10.1. The molecule has 2 unspecified atom stereocenters. The normalized spacial score (nSPS) is 29.6. The van der Waals surface area contributed by atoms with Crippen molar-refractivity contribution in [3.63, 3.8) is 0 Å². The molecule has 0 radical (unpaired) electrons. The quantitative estimate of drug-likeness (QED) is 0.822. The van der Waals surface area contributed by atoms with Crippen molar-refractivity contribution in [3.8, 4) is 0 Å². The minimum atomic E-state index is 0.127. The summed E-state index contributed by atoms with van der Waals surface area (Å²) in [6, 6.07) is 0.544. The van der Waals surface area contributed by atoms with E-state index in [1.807, 2.05) is 11.8 Å². The number of hydrogen-bond acceptors (Lipinski definition) is 3. The van der Waals surface area contributed by atoms with E-state index in [9.17, 15) is 0 Å². The first-order chi connectivity index (χ1) is 7.33. The number of nitrogens with one attached hydrogen (secondary N) is 1. The van der Waals surface area contributed by atoms with E-state index in [2.05, 4.69) is 57.0 Å². The molecule has 16 heavy (non-hydrogen) atoms. The summed E-state index contributed by atoms with van der Waals surface area (Å²) in [5, 5.41) is 4.58. The van der Waals surface area contributed by atoms with Gasteiger partial charge in [-0.1, -0.05) is 18.7 Å². The molecule has 1 heterocycles. The van der Waals surface area contributed by atoms with Gasteiger partial charge in [0.2, 0.25) is 0 Å². The Morgan fingerprint density at radius 1 is 1.44 bits per heavy atom. The standard InChI is InChI=1S/C12H25N3S/c1-9-7-16-11(14-10(9)2)13-8-12(3,4)15(5)6/h9-10H,7-8H2,1-6H3,(H,13,14). The zero-order chi connectivity index (χ0) is 12.3. The van der Waals surface area contributed by atoms with Gasteiger partial charge < -0.3 is 10.2 Å². The summed E-state index contributed by atoms with van der Waals surface area (Å²) in [6.45, 7) is 9.80. The van der Waals surface area contributed by atoms with E-state index < -0.39 is 0 Å². The molecule has 1 N–H and O–H groups in total. The van der Waals surface area contributed by atoms with Crippen LogP contribution in [0, 0.1) is 5.92 Å². The van der Waals surface area contributed by atoms with Gasteiger partial charge in [0.1, 0.15) is 0 Å². The van der Waals surface area contributed by atoms with Crippen LogP contribution in [0.1, 0.15) is 27.7 Å². The number of amidine groups is 1. The van der Waals surface area contributed by atoms with Crippen molar-refractivity contribution in [2.24, 2.45) is 10.9 Å². The third-order valence-electron chi connectivity index (χ3n) is 3.51. The first kappa shape index (κ1) is 13.8. The fraction of sp³-hybridized carbons (Fsp3) is 0.917. The highest BCUT2D eigenvalue weighted by atomic mass is 32.2. The fourth-order valence-electron chi connectivity index (χ4n) is 1.23. The van der Waals surface area contributed by atoms with Crippen molar-refractivity contribution in [2.75, 3.05) is 26.4 Å². The Hall–Kier alpha value is -0.220. The molecular formula is C12H25N3S. The van der Waals surface area contributed by atoms with Crippen LogP contribution in [0.3, 0.4) is 0 Å². The van der Waals surface area contributed by atoms with Crippen LogP contribution in [0.15, 0.2) is 4.99 Å². The first-order valence-corrected chi connectivity index (χ1v) is 6.92. The van der Waals surface area contributed by atoms with Crippen molar-refractivity contribution in [3.05, 3.63) is 0 Å². The second kappa shape index (κ2) is 5.41. The maximum Gasteiger partial charge on any atom is 0.156 e. The lowest BCUT2D eigenvalue weighted by Crippen LogP contribution is -2.44. The molecule has 2 atom stereocenters. The maximum absolute atomic E-state index is 4.69. The molecule has 1 aliphatic rings. The molecule has 1 rings (SSSR count). The molecule has 4 heteroatoms. The highest BCUT2D eigenvalue weighted by molar-refractivity contribution is 8.13. The smallest absolute Gasteiger partial charge is 0.156 e. The first-order valence-electron chi connectivity index (χ1n) is 5.94. The third-order valence-corrected chi connectivity index (χ3v) is 4.72. The molecule has 0 saturated carbocycles. The second-order valence-corrected chi connectivity index (χ2v) is 6.56. The Kier molecular flexibility index (Phi) is 4.68. The summed E-state index contributed by atoms with van der Waals surface area (Å²) >= 11 is 1.85. The van der Waals surface area contributed by atoms with Crippen LogP contribution >= 0.6 is 11.8 Å². The molecule has 3 nitrogen and oxygen atoms in total. The van der Waals surface area contributed by atoms with Crippen LogP contribution in [-0.2, 0) is 0 Å². The second-order valence-electron chi connectivity index (χ2n) is 5.55. The molecule has 0 aliphatic carbocycles. The SMILES string of the molecule is CC1CSC(=NCC(C)(C)N(C)C)NC1C. The minimum absolute atomic E-state index is 0.127. The van der Waals surface area contributed by atoms with E-state index in [1.165, 1.54) is 5.75 Å². The van der Waals surface area contributed by atoms with Gasteiger partial charge in [0.15, 0.2) is 5.17 Å². The lowest BCUT2D eigenvalue weighted by molar-refractivity contribution is 0.205. The summed E-state index contributed by atoms with van der Waals surface area (Å²) in [7, 11) is 4.21. The third kappa shape index (κ3) is 3.67. The number of likely N-dealkylation sites (N-methyl/N-ethyl adjacent to an activating group) is 1. The Labute approximate surface area is 104 Å². The van der Waals surface area contributed by atoms with Crippen LogP contribution in [0.5, 0.6) is 0 Å². The van der Waals surface area contributed by atoms with E-state index in [1.54, 1.807) is 0 Å². The number of rotatable bonds is 3. The summed E-state index contributed by atoms with van der Waals surface area (Å²) in [4.78, 5) is 6.91. The highest BCUT2D eigenvalue weighted by Gasteiger charge is 2.23. The van der Waals surface area contributed by atoms with Crippen LogP contribution in [0.2, 0.25) is 0 Å². The van der Waals surface area contributed by atoms with Crippen LogP contribution in [0.4, 0.5) is 0 Å². The average Bonchev–Trinajstić information content (AvgIpc) is 2.20. The largest absolute Gasteiger partial charge is 0.362 e. The van der Waals surface area contributed by atoms with Crippen molar-refractivity contribution in [1.29, 1.82) is 0 Å². The van der Waals surface area contributed by atoms with Crippen molar-refractivity contribution in [1.82, 2.24) is 10.2 Å². The van der Waals surface area contributed by atoms with Gasteiger partial charge in [0.25, 0.3) is 0 Å².